The molecule has 1 aliphatic rings. The molecule has 0 aromatic heterocycles. The van der Waals surface area contributed by atoms with Crippen molar-refractivity contribution in [2.75, 3.05) is 19.8 Å². The van der Waals surface area contributed by atoms with Crippen LogP contribution in [0.15, 0.2) is 32.0 Å². The minimum atomic E-state index is -3.52. The first-order valence-electron chi connectivity index (χ1n) is 6.35. The highest BCUT2D eigenvalue weighted by atomic mass is 79.9. The van der Waals surface area contributed by atoms with Crippen molar-refractivity contribution in [3.05, 3.63) is 27.1 Å². The molecule has 0 saturated carbocycles. The maximum atomic E-state index is 12.4. The highest BCUT2D eigenvalue weighted by Crippen LogP contribution is 2.30. The monoisotopic (exact) mass is 425 g/mol. The highest BCUT2D eigenvalue weighted by molar-refractivity contribution is 9.11. The zero-order valence-corrected chi connectivity index (χ0v) is 15.1. The van der Waals surface area contributed by atoms with Crippen LogP contribution in [0.4, 0.5) is 0 Å². The van der Waals surface area contributed by atoms with Gasteiger partial charge < -0.3 is 4.74 Å². The fourth-order valence-corrected chi connectivity index (χ4v) is 4.77. The lowest BCUT2D eigenvalue weighted by atomic mass is 9.83. The minimum absolute atomic E-state index is 0.0379. The van der Waals surface area contributed by atoms with Gasteiger partial charge in [-0.2, -0.15) is 0 Å². The molecule has 0 bridgehead atoms. The van der Waals surface area contributed by atoms with Crippen LogP contribution in [0.25, 0.3) is 0 Å². The standard InChI is InChI=1S/C13H17Br2NO3S/c1-13(4-6-19-7-5-13)9-16-20(17,18)12-8-10(14)2-3-11(12)15/h2-3,8,16H,4-7,9H2,1H3. The second-order valence-electron chi connectivity index (χ2n) is 5.32. The van der Waals surface area contributed by atoms with Crippen LogP contribution in [0.2, 0.25) is 0 Å². The van der Waals surface area contributed by atoms with E-state index in [1.807, 2.05) is 0 Å². The van der Waals surface area contributed by atoms with Crippen molar-refractivity contribution in [3.8, 4) is 0 Å². The van der Waals surface area contributed by atoms with Gasteiger partial charge in [0.25, 0.3) is 0 Å². The van der Waals surface area contributed by atoms with Crippen molar-refractivity contribution in [2.24, 2.45) is 5.41 Å². The van der Waals surface area contributed by atoms with E-state index in [2.05, 4.69) is 43.5 Å². The molecule has 0 radical (unpaired) electrons. The molecule has 0 aliphatic carbocycles. The van der Waals surface area contributed by atoms with Crippen molar-refractivity contribution in [1.29, 1.82) is 0 Å². The normalized spacial score (nSPS) is 18.9. The van der Waals surface area contributed by atoms with E-state index in [4.69, 9.17) is 4.74 Å². The Hall–Kier alpha value is 0.0500. The number of ether oxygens (including phenoxy) is 1. The first kappa shape index (κ1) is 16.4. The van der Waals surface area contributed by atoms with Crippen molar-refractivity contribution >= 4 is 41.9 Å². The third-order valence-electron chi connectivity index (χ3n) is 3.57. The third-order valence-corrected chi connectivity index (χ3v) is 6.46. The van der Waals surface area contributed by atoms with E-state index in [0.29, 0.717) is 24.2 Å². The average Bonchev–Trinajstić information content (AvgIpc) is 2.40. The summed E-state index contributed by atoms with van der Waals surface area (Å²) in [6.07, 6.45) is 1.74. The molecular weight excluding hydrogens is 410 g/mol. The van der Waals surface area contributed by atoms with E-state index in [-0.39, 0.29) is 10.3 Å². The summed E-state index contributed by atoms with van der Waals surface area (Å²) in [4.78, 5) is 0.252. The first-order valence-corrected chi connectivity index (χ1v) is 9.42. The molecule has 0 spiro atoms. The van der Waals surface area contributed by atoms with E-state index in [0.717, 1.165) is 17.3 Å². The van der Waals surface area contributed by atoms with Crippen LogP contribution in [-0.2, 0) is 14.8 Å². The predicted molar refractivity (Wildman–Crippen MR) is 85.2 cm³/mol. The number of halogens is 2. The van der Waals surface area contributed by atoms with Gasteiger partial charge in [-0.3, -0.25) is 0 Å². The van der Waals surface area contributed by atoms with E-state index in [1.165, 1.54) is 0 Å². The molecule has 0 atom stereocenters. The molecule has 1 heterocycles. The Labute approximate surface area is 136 Å². The summed E-state index contributed by atoms with van der Waals surface area (Å²) in [5.74, 6) is 0. The summed E-state index contributed by atoms with van der Waals surface area (Å²) in [7, 11) is -3.52. The van der Waals surface area contributed by atoms with Crippen LogP contribution in [0.5, 0.6) is 0 Å². The number of hydrogen-bond donors (Lipinski definition) is 1. The van der Waals surface area contributed by atoms with Crippen molar-refractivity contribution in [2.45, 2.75) is 24.7 Å². The smallest absolute Gasteiger partial charge is 0.241 e. The maximum Gasteiger partial charge on any atom is 0.241 e. The summed E-state index contributed by atoms with van der Waals surface area (Å²) >= 11 is 6.58. The van der Waals surface area contributed by atoms with Crippen LogP contribution in [0.3, 0.4) is 0 Å². The van der Waals surface area contributed by atoms with E-state index in [9.17, 15) is 8.42 Å². The molecule has 20 heavy (non-hydrogen) atoms. The van der Waals surface area contributed by atoms with Gasteiger partial charge in [0.1, 0.15) is 0 Å². The quantitative estimate of drug-likeness (QED) is 0.803. The zero-order chi connectivity index (χ0) is 14.8. The number of rotatable bonds is 4. The lowest BCUT2D eigenvalue weighted by Crippen LogP contribution is -2.39. The molecule has 1 aromatic carbocycles. The molecule has 7 heteroatoms. The molecule has 1 saturated heterocycles. The molecule has 112 valence electrons. The SMILES string of the molecule is CC1(CNS(=O)(=O)c2cc(Br)ccc2Br)CCOCC1. The molecule has 0 unspecified atom stereocenters. The predicted octanol–water partition coefficient (Wildman–Crippen LogP) is 3.31. The largest absolute Gasteiger partial charge is 0.381 e. The Morgan fingerprint density at radius 1 is 1.30 bits per heavy atom. The number of benzene rings is 1. The lowest BCUT2D eigenvalue weighted by molar-refractivity contribution is 0.0264. The summed E-state index contributed by atoms with van der Waals surface area (Å²) in [5, 5.41) is 0. The van der Waals surface area contributed by atoms with Gasteiger partial charge in [0.05, 0.1) is 4.90 Å². The Bertz CT molecular complexity index is 583. The fourth-order valence-electron chi connectivity index (χ4n) is 2.07. The van der Waals surface area contributed by atoms with Crippen LogP contribution < -0.4 is 4.72 Å². The average molecular weight is 427 g/mol. The second kappa shape index (κ2) is 6.44. The molecule has 1 fully saturated rings. The lowest BCUT2D eigenvalue weighted by Gasteiger charge is -2.33. The van der Waals surface area contributed by atoms with E-state index < -0.39 is 10.0 Å². The summed E-state index contributed by atoms with van der Waals surface area (Å²) in [6.45, 7) is 3.91. The number of sulfonamides is 1. The molecular formula is C13H17Br2NO3S. The van der Waals surface area contributed by atoms with E-state index in [1.54, 1.807) is 18.2 Å². The summed E-state index contributed by atoms with van der Waals surface area (Å²) in [5.41, 5.74) is -0.0379. The van der Waals surface area contributed by atoms with Crippen LogP contribution in [-0.4, -0.2) is 28.2 Å². The van der Waals surface area contributed by atoms with Gasteiger partial charge in [-0.1, -0.05) is 22.9 Å². The van der Waals surface area contributed by atoms with Crippen LogP contribution in [0, 0.1) is 5.41 Å². The van der Waals surface area contributed by atoms with Gasteiger partial charge in [-0.05, 0) is 52.4 Å². The van der Waals surface area contributed by atoms with Crippen molar-refractivity contribution in [1.82, 2.24) is 4.72 Å². The van der Waals surface area contributed by atoms with Crippen molar-refractivity contribution in [3.63, 3.8) is 0 Å². The number of nitrogens with one attached hydrogen (secondary N) is 1. The Morgan fingerprint density at radius 3 is 2.60 bits per heavy atom. The van der Waals surface area contributed by atoms with E-state index >= 15 is 0 Å². The zero-order valence-electron chi connectivity index (χ0n) is 11.2. The van der Waals surface area contributed by atoms with Gasteiger partial charge in [0, 0.05) is 28.7 Å². The minimum Gasteiger partial charge on any atom is -0.381 e. The van der Waals surface area contributed by atoms with Gasteiger partial charge >= 0.3 is 0 Å². The molecule has 1 aromatic rings. The number of hydrogen-bond acceptors (Lipinski definition) is 3. The molecule has 4 nitrogen and oxygen atoms in total. The van der Waals surface area contributed by atoms with Crippen molar-refractivity contribution < 1.29 is 13.2 Å². The van der Waals surface area contributed by atoms with Crippen LogP contribution >= 0.6 is 31.9 Å². The van der Waals surface area contributed by atoms with Gasteiger partial charge in [-0.25, -0.2) is 13.1 Å². The maximum absolute atomic E-state index is 12.4. The Kier molecular flexibility index (Phi) is 5.29. The van der Waals surface area contributed by atoms with Gasteiger partial charge in [0.15, 0.2) is 0 Å². The van der Waals surface area contributed by atoms with Gasteiger partial charge in [-0.15, -0.1) is 0 Å². The highest BCUT2D eigenvalue weighted by Gasteiger charge is 2.29. The fraction of sp³-hybridized carbons (Fsp3) is 0.538. The molecule has 1 aliphatic heterocycles. The second-order valence-corrected chi connectivity index (χ2v) is 8.83. The molecule has 2 rings (SSSR count). The van der Waals surface area contributed by atoms with Crippen LogP contribution in [0.1, 0.15) is 19.8 Å². The summed E-state index contributed by atoms with van der Waals surface area (Å²) < 4.78 is 34.1. The summed E-state index contributed by atoms with van der Waals surface area (Å²) in [6, 6.07) is 5.11. The molecule has 0 amide bonds. The first-order chi connectivity index (χ1) is 9.32. The topological polar surface area (TPSA) is 55.4 Å². The Balaban J connectivity index is 2.13. The molecule has 1 N–H and O–H groups in total. The van der Waals surface area contributed by atoms with Gasteiger partial charge in [0.2, 0.25) is 10.0 Å². The Morgan fingerprint density at radius 2 is 1.95 bits per heavy atom. The third kappa shape index (κ3) is 4.04.